The van der Waals surface area contributed by atoms with Gasteiger partial charge >= 0.3 is 46.6 Å². The molecule has 0 amide bonds. The maximum atomic E-state index is 12.8. The van der Waals surface area contributed by atoms with Crippen molar-refractivity contribution in [3.05, 3.63) is 317 Å². The number of para-hydroxylation sites is 2. The number of aromatic hydroxyl groups is 5. The van der Waals surface area contributed by atoms with E-state index < -0.39 is 66.4 Å². The molecule has 12 N–H and O–H groups in total. The SMILES string of the molecule is COc1c(-c2cccc(C(=O)O)c2)cc(Cl)cc1[N+](=O)[O-].COc1c(Br)cc(Cl)cc1[N+](=O)[O-].Cc1[nH]n(C2CCCCC2)c(=O)c1N=Nc1cccc(-c2cccc(C(=O)O)c2)c1O.Nc1cccc(-c2cccc(C(=O)O)c2)c1O.O=C(O)c1cccc(-c2cc(Cl)cc([N+](=O)[O-])c2O)c1.O=[N+]([O-])c1cc(Cl)cc(Br)c1O.Oc1ccc(Cl)cc1Br. The second-order valence-corrected chi connectivity index (χ2v) is 30.1. The Hall–Kier alpha value is -13.2. The van der Waals surface area contributed by atoms with Crippen LogP contribution in [0.2, 0.25) is 25.1 Å². The Kier molecular flexibility index (Phi) is 35.4. The lowest BCUT2D eigenvalue weighted by Crippen LogP contribution is -2.24. The summed E-state index contributed by atoms with van der Waals surface area (Å²) in [6.45, 7) is 1.78. The Morgan fingerprint density at radius 2 is 0.821 bits per heavy atom. The fourth-order valence-electron chi connectivity index (χ4n) is 11.4. The molecule has 0 radical (unpaired) electrons. The number of hydrogen-bond donors (Lipinski definition) is 11. The number of phenolic OH excluding ortho intramolecular Hbond substituents is 5. The van der Waals surface area contributed by atoms with Crippen LogP contribution in [0.1, 0.15) is 85.3 Å². The van der Waals surface area contributed by atoms with Gasteiger partial charge in [0.25, 0.3) is 5.56 Å². The molecule has 0 unspecified atom stereocenters. The third-order valence-corrected chi connectivity index (χ3v) is 20.2. The number of nitrogen functional groups attached to an aromatic ring is 1. The third kappa shape index (κ3) is 26.4. The molecule has 1 fully saturated rings. The van der Waals surface area contributed by atoms with Crippen molar-refractivity contribution in [1.82, 2.24) is 9.78 Å². The quantitative estimate of drug-likeness (QED) is 0.0133. The number of ether oxygens (including phenoxy) is 2. The molecule has 0 aliphatic heterocycles. The minimum absolute atomic E-state index is 0.00419. The van der Waals surface area contributed by atoms with Gasteiger partial charge in [-0.3, -0.25) is 50.4 Å². The summed E-state index contributed by atoms with van der Waals surface area (Å²) in [5.41, 5.74) is 9.08. The predicted octanol–water partition coefficient (Wildman–Crippen LogP) is 23.3. The first kappa shape index (κ1) is 96.9. The van der Waals surface area contributed by atoms with Crippen molar-refractivity contribution in [1.29, 1.82) is 0 Å². The van der Waals surface area contributed by atoms with Gasteiger partial charge in [0.1, 0.15) is 17.2 Å². The number of hydrogen-bond acceptors (Lipinski definition) is 23. The number of carboxylic acid groups (broad SMARTS) is 4. The first-order valence-corrected chi connectivity index (χ1v) is 39.2. The van der Waals surface area contributed by atoms with Crippen molar-refractivity contribution in [2.45, 2.75) is 45.1 Å². The van der Waals surface area contributed by atoms with Crippen LogP contribution in [0.3, 0.4) is 0 Å². The zero-order valence-electron chi connectivity index (χ0n) is 63.5. The van der Waals surface area contributed by atoms with E-state index in [1.165, 1.54) is 124 Å². The smallest absolute Gasteiger partial charge is 0.335 e. The molecule has 0 saturated heterocycles. The fourth-order valence-corrected chi connectivity index (χ4v) is 14.3. The number of rotatable bonds is 17. The van der Waals surface area contributed by atoms with Gasteiger partial charge in [-0.2, -0.15) is 0 Å². The van der Waals surface area contributed by atoms with Crippen LogP contribution in [0, 0.1) is 47.4 Å². The van der Waals surface area contributed by atoms with Gasteiger partial charge in [-0.1, -0.05) is 150 Å². The lowest BCUT2D eigenvalue weighted by molar-refractivity contribution is -0.386. The Bertz CT molecular complexity index is 6110. The number of nitrogens with two attached hydrogens (primary N) is 1. The average molecular weight is 1980 g/mol. The van der Waals surface area contributed by atoms with Crippen LogP contribution in [-0.2, 0) is 0 Å². The first-order chi connectivity index (χ1) is 58.2. The molecule has 638 valence electrons. The highest BCUT2D eigenvalue weighted by Crippen LogP contribution is 2.45. The summed E-state index contributed by atoms with van der Waals surface area (Å²) in [6.07, 6.45) is 5.34. The Labute approximate surface area is 745 Å². The van der Waals surface area contributed by atoms with Gasteiger partial charge in [0.2, 0.25) is 23.0 Å². The number of phenols is 5. The number of benzene rings is 11. The minimum Gasteiger partial charge on any atom is -0.507 e. The summed E-state index contributed by atoms with van der Waals surface area (Å²) in [5.74, 6) is -4.99. The molecule has 1 aliphatic carbocycles. The summed E-state index contributed by atoms with van der Waals surface area (Å²) in [7, 11) is 2.67. The molecule has 0 bridgehead atoms. The number of halogens is 8. The van der Waals surface area contributed by atoms with E-state index in [1.807, 2.05) is 0 Å². The molecule has 1 aliphatic rings. The highest BCUT2D eigenvalue weighted by molar-refractivity contribution is 9.11. The number of nitrogens with zero attached hydrogens (tertiary/aromatic N) is 7. The number of aromatic amines is 1. The van der Waals surface area contributed by atoms with E-state index in [9.17, 15) is 84.9 Å². The molecule has 11 aromatic carbocycles. The van der Waals surface area contributed by atoms with E-state index in [-0.39, 0.29) is 116 Å². The second-order valence-electron chi connectivity index (χ2n) is 25.4. The van der Waals surface area contributed by atoms with Crippen molar-refractivity contribution in [2.75, 3.05) is 20.0 Å². The molecule has 123 heavy (non-hydrogen) atoms. The number of aryl methyl sites for hydroxylation is 1. The van der Waals surface area contributed by atoms with Crippen LogP contribution >= 0.6 is 106 Å². The van der Waals surface area contributed by atoms with Gasteiger partial charge in [-0.15, -0.1) is 10.2 Å². The van der Waals surface area contributed by atoms with Crippen LogP contribution in [0.5, 0.6) is 40.2 Å². The number of H-pyrrole nitrogens is 1. The molecule has 41 heteroatoms. The Morgan fingerprint density at radius 1 is 0.439 bits per heavy atom. The molecule has 0 atom stereocenters. The van der Waals surface area contributed by atoms with Crippen LogP contribution < -0.4 is 20.8 Å². The first-order valence-electron chi connectivity index (χ1n) is 35.0. The summed E-state index contributed by atoms with van der Waals surface area (Å²) in [5, 5.41) is 140. The largest absolute Gasteiger partial charge is 0.507 e. The lowest BCUT2D eigenvalue weighted by atomic mass is 9.96. The highest BCUT2D eigenvalue weighted by Gasteiger charge is 2.26. The zero-order valence-corrected chi connectivity index (χ0v) is 72.1. The number of carboxylic acids is 4. The van der Waals surface area contributed by atoms with E-state index in [0.717, 1.165) is 37.8 Å². The third-order valence-electron chi connectivity index (χ3n) is 17.2. The summed E-state index contributed by atoms with van der Waals surface area (Å²) in [6, 6.07) is 49.5. The topological polar surface area (TPSA) is 530 Å². The predicted molar refractivity (Wildman–Crippen MR) is 471 cm³/mol. The number of nitro groups is 4. The molecular weight excluding hydrogens is 1910 g/mol. The van der Waals surface area contributed by atoms with Crippen molar-refractivity contribution in [2.24, 2.45) is 10.2 Å². The Morgan fingerprint density at radius 3 is 1.26 bits per heavy atom. The number of anilines is 1. The van der Waals surface area contributed by atoms with E-state index in [0.29, 0.717) is 63.6 Å². The maximum absolute atomic E-state index is 12.8. The lowest BCUT2D eigenvalue weighted by Gasteiger charge is -2.21. The van der Waals surface area contributed by atoms with Crippen molar-refractivity contribution in [3.8, 4) is 84.8 Å². The number of aromatic carboxylic acids is 4. The van der Waals surface area contributed by atoms with Crippen molar-refractivity contribution >= 4 is 169 Å². The molecule has 13 rings (SSSR count). The normalized spacial score (nSPS) is 11.2. The number of nitrogens with one attached hydrogen (secondary N) is 1. The summed E-state index contributed by atoms with van der Waals surface area (Å²) in [4.78, 5) is 97.0. The number of nitro benzene ring substituents is 4. The number of methoxy groups -OCH3 is 2. The fraction of sp³-hybridized carbons (Fsp3) is 0.110. The molecule has 0 spiro atoms. The van der Waals surface area contributed by atoms with E-state index in [1.54, 1.807) is 96.5 Å². The summed E-state index contributed by atoms with van der Waals surface area (Å²) < 4.78 is 12.9. The molecular formula is C82H65Br3Cl5N9O24. The van der Waals surface area contributed by atoms with Crippen LogP contribution in [-0.4, -0.2) is 114 Å². The van der Waals surface area contributed by atoms with E-state index in [4.69, 9.17) is 98.7 Å². The standard InChI is InChI=1S/C23H24N4O4.C14H10ClNO5.C13H8ClNO5.C13H11NO3.C7H5BrClNO3.C6H3BrClNO3.C6H4BrClO/c1-14-20(22(29)27(26-14)17-9-3-2-4-10-17)25-24-19-12-6-11-18(21(19)28)15-7-5-8-16(13-15)23(30)31;1-21-13-11(6-10(15)7-12(13)16(19)20)8-3-2-4-9(5-8)14(17)18;14-9-5-10(12(16)11(6-9)15(19)20)7-2-1-3-8(4-7)13(17)18;14-11-6-2-5-10(12(11)15)8-3-1-4-9(7-8)13(16)17;1-13-7-5(8)2-4(9)3-6(7)10(11)12;7-4-1-3(8)2-5(6(4)10)9(11)12;7-5-3-4(8)1-2-6(5)9/h5-8,11-13,17,26,28H,2-4,9-10H2,1H3,(H,30,31);2-7H,1H3,(H,17,18);1-6,16H,(H,17,18);1-7,15H,14H2,(H,16,17);2-3H,1H3;1-2,10H;1-3,9H. The summed E-state index contributed by atoms with van der Waals surface area (Å²) >= 11 is 37.6. The van der Waals surface area contributed by atoms with E-state index in [2.05, 4.69) is 63.1 Å². The zero-order chi connectivity index (χ0) is 91.0. The van der Waals surface area contributed by atoms with Crippen molar-refractivity contribution in [3.63, 3.8) is 0 Å². The van der Waals surface area contributed by atoms with Crippen LogP contribution in [0.15, 0.2) is 229 Å². The maximum Gasteiger partial charge on any atom is 0.335 e. The number of azo groups is 1. The van der Waals surface area contributed by atoms with Gasteiger partial charge in [0.15, 0.2) is 11.4 Å². The van der Waals surface area contributed by atoms with Gasteiger partial charge in [0.05, 0.1) is 87.0 Å². The van der Waals surface area contributed by atoms with Gasteiger partial charge < -0.3 is 61.2 Å². The Balaban J connectivity index is 0.000000204. The van der Waals surface area contributed by atoms with E-state index >= 15 is 0 Å². The van der Waals surface area contributed by atoms with Crippen LogP contribution in [0.25, 0.3) is 44.5 Å². The number of carbonyl (C=O) groups is 4. The average Bonchev–Trinajstić information content (AvgIpc) is 1.71. The molecule has 33 nitrogen and oxygen atoms in total. The van der Waals surface area contributed by atoms with Crippen LogP contribution in [0.4, 0.5) is 39.8 Å². The van der Waals surface area contributed by atoms with Gasteiger partial charge in [-0.05, 0) is 193 Å². The monoisotopic (exact) mass is 1970 g/mol. The molecule has 1 heterocycles. The molecule has 1 saturated carbocycles. The second kappa shape index (κ2) is 44.9. The minimum atomic E-state index is -1.14. The number of aromatic nitrogens is 2. The van der Waals surface area contributed by atoms with Gasteiger partial charge in [-0.25, -0.2) is 23.9 Å². The molecule has 12 aromatic rings. The van der Waals surface area contributed by atoms with Gasteiger partial charge in [0, 0.05) is 71.6 Å². The molecule has 1 aromatic heterocycles. The highest BCUT2D eigenvalue weighted by atomic mass is 79.9. The van der Waals surface area contributed by atoms with Crippen molar-refractivity contribution < 1.29 is 94.3 Å².